The number of hydrogen-bond donors (Lipinski definition) is 0. The van der Waals surface area contributed by atoms with Gasteiger partial charge in [0, 0.05) is 20.9 Å². The van der Waals surface area contributed by atoms with Crippen molar-refractivity contribution < 1.29 is 13.9 Å². The fraction of sp³-hybridized carbons (Fsp3) is 0.0500. The van der Waals surface area contributed by atoms with E-state index in [-0.39, 0.29) is 5.78 Å². The molecule has 0 unspecified atom stereocenters. The van der Waals surface area contributed by atoms with Gasteiger partial charge in [0.2, 0.25) is 0 Å². The summed E-state index contributed by atoms with van der Waals surface area (Å²) in [5.74, 6) is 0.0587. The standard InChI is InChI=1S/C20H15FO2S/c1-23-16-10-7-14(8-11-16)20(22)15-9-12-19(18(21)13-15)24-17-5-3-2-4-6-17/h2-13H,1H3. The van der Waals surface area contributed by atoms with E-state index in [1.165, 1.54) is 17.8 Å². The number of methoxy groups -OCH3 is 1. The minimum atomic E-state index is -0.400. The molecule has 0 N–H and O–H groups in total. The summed E-state index contributed by atoms with van der Waals surface area (Å²) in [4.78, 5) is 13.9. The molecule has 3 rings (SSSR count). The highest BCUT2D eigenvalue weighted by molar-refractivity contribution is 7.99. The van der Waals surface area contributed by atoms with Gasteiger partial charge in [-0.15, -0.1) is 0 Å². The molecule has 0 radical (unpaired) electrons. The van der Waals surface area contributed by atoms with Crippen LogP contribution >= 0.6 is 11.8 Å². The lowest BCUT2D eigenvalue weighted by molar-refractivity contribution is 0.103. The SMILES string of the molecule is COc1ccc(C(=O)c2ccc(Sc3ccccc3)c(F)c2)cc1. The summed E-state index contributed by atoms with van der Waals surface area (Å²) in [6.07, 6.45) is 0. The van der Waals surface area contributed by atoms with Crippen LogP contribution in [0.2, 0.25) is 0 Å². The number of benzene rings is 3. The van der Waals surface area contributed by atoms with Crippen molar-refractivity contribution in [1.29, 1.82) is 0 Å². The van der Waals surface area contributed by atoms with E-state index in [4.69, 9.17) is 4.74 Å². The molecular formula is C20H15FO2S. The Balaban J connectivity index is 1.82. The Bertz CT molecular complexity index is 845. The summed E-state index contributed by atoms with van der Waals surface area (Å²) in [6, 6.07) is 20.9. The highest BCUT2D eigenvalue weighted by Gasteiger charge is 2.13. The number of rotatable bonds is 5. The molecular weight excluding hydrogens is 323 g/mol. The molecule has 0 aliphatic rings. The average Bonchev–Trinajstić information content (AvgIpc) is 2.64. The zero-order chi connectivity index (χ0) is 16.9. The molecule has 0 aromatic heterocycles. The van der Waals surface area contributed by atoms with Crippen molar-refractivity contribution in [2.24, 2.45) is 0 Å². The van der Waals surface area contributed by atoms with Crippen molar-refractivity contribution in [1.82, 2.24) is 0 Å². The summed E-state index contributed by atoms with van der Waals surface area (Å²) in [5, 5.41) is 0. The third-order valence-corrected chi connectivity index (χ3v) is 4.58. The molecule has 0 fully saturated rings. The maximum Gasteiger partial charge on any atom is 0.193 e. The summed E-state index contributed by atoms with van der Waals surface area (Å²) in [7, 11) is 1.56. The number of carbonyl (C=O) groups is 1. The molecule has 0 bridgehead atoms. The van der Waals surface area contributed by atoms with Crippen molar-refractivity contribution in [2.75, 3.05) is 7.11 Å². The van der Waals surface area contributed by atoms with Gasteiger partial charge in [-0.25, -0.2) is 4.39 Å². The molecule has 0 spiro atoms. The van der Waals surface area contributed by atoms with Gasteiger partial charge < -0.3 is 4.74 Å². The van der Waals surface area contributed by atoms with E-state index >= 15 is 0 Å². The van der Waals surface area contributed by atoms with Crippen LogP contribution in [-0.2, 0) is 0 Å². The molecule has 3 aromatic carbocycles. The molecule has 0 atom stereocenters. The highest BCUT2D eigenvalue weighted by atomic mass is 32.2. The van der Waals surface area contributed by atoms with E-state index in [1.54, 1.807) is 43.5 Å². The van der Waals surface area contributed by atoms with Crippen molar-refractivity contribution in [3.63, 3.8) is 0 Å². The van der Waals surface area contributed by atoms with Gasteiger partial charge in [0.1, 0.15) is 11.6 Å². The second-order valence-electron chi connectivity index (χ2n) is 5.12. The quantitative estimate of drug-likeness (QED) is 0.597. The maximum absolute atomic E-state index is 14.3. The van der Waals surface area contributed by atoms with Crippen LogP contribution in [0.5, 0.6) is 5.75 Å². The van der Waals surface area contributed by atoms with E-state index < -0.39 is 5.82 Å². The van der Waals surface area contributed by atoms with Gasteiger partial charge in [-0.1, -0.05) is 30.0 Å². The molecule has 2 nitrogen and oxygen atoms in total. The van der Waals surface area contributed by atoms with Gasteiger partial charge in [0.25, 0.3) is 0 Å². The Labute approximate surface area is 144 Å². The predicted octanol–water partition coefficient (Wildman–Crippen LogP) is 5.22. The van der Waals surface area contributed by atoms with Crippen LogP contribution in [0.15, 0.2) is 82.6 Å². The monoisotopic (exact) mass is 338 g/mol. The summed E-state index contributed by atoms with van der Waals surface area (Å²) >= 11 is 1.33. The normalized spacial score (nSPS) is 10.4. The van der Waals surface area contributed by atoms with E-state index in [9.17, 15) is 9.18 Å². The Hall–Kier alpha value is -2.59. The molecule has 24 heavy (non-hydrogen) atoms. The van der Waals surface area contributed by atoms with Crippen molar-refractivity contribution in [3.05, 3.63) is 89.7 Å². The van der Waals surface area contributed by atoms with Gasteiger partial charge in [-0.05, 0) is 54.6 Å². The number of halogens is 1. The first-order valence-electron chi connectivity index (χ1n) is 7.38. The highest BCUT2D eigenvalue weighted by Crippen LogP contribution is 2.30. The van der Waals surface area contributed by atoms with E-state index in [2.05, 4.69) is 0 Å². The third kappa shape index (κ3) is 3.66. The van der Waals surface area contributed by atoms with Crippen LogP contribution < -0.4 is 4.74 Å². The molecule has 0 saturated carbocycles. The molecule has 0 aliphatic carbocycles. The Morgan fingerprint density at radius 3 is 2.21 bits per heavy atom. The smallest absolute Gasteiger partial charge is 0.193 e. The first-order valence-corrected chi connectivity index (χ1v) is 8.20. The third-order valence-electron chi connectivity index (χ3n) is 3.52. The van der Waals surface area contributed by atoms with Crippen LogP contribution in [0, 0.1) is 5.82 Å². The summed E-state index contributed by atoms with van der Waals surface area (Å²) in [5.41, 5.74) is 0.828. The van der Waals surface area contributed by atoms with E-state index in [1.807, 2.05) is 30.3 Å². The second kappa shape index (κ2) is 7.32. The van der Waals surface area contributed by atoms with Gasteiger partial charge in [-0.3, -0.25) is 4.79 Å². The topological polar surface area (TPSA) is 26.3 Å². The van der Waals surface area contributed by atoms with Gasteiger partial charge >= 0.3 is 0 Å². The minimum absolute atomic E-state index is 0.215. The Kier molecular flexibility index (Phi) is 4.96. The molecule has 0 amide bonds. The van der Waals surface area contributed by atoms with Crippen molar-refractivity contribution in [3.8, 4) is 5.75 Å². The Morgan fingerprint density at radius 2 is 1.58 bits per heavy atom. The van der Waals surface area contributed by atoms with Crippen LogP contribution in [0.3, 0.4) is 0 Å². The largest absolute Gasteiger partial charge is 0.497 e. The van der Waals surface area contributed by atoms with E-state index in [0.29, 0.717) is 21.8 Å². The Morgan fingerprint density at radius 1 is 0.917 bits per heavy atom. The van der Waals surface area contributed by atoms with Gasteiger partial charge in [0.05, 0.1) is 7.11 Å². The van der Waals surface area contributed by atoms with Crippen LogP contribution in [0.1, 0.15) is 15.9 Å². The van der Waals surface area contributed by atoms with Crippen molar-refractivity contribution in [2.45, 2.75) is 9.79 Å². The van der Waals surface area contributed by atoms with Gasteiger partial charge in [0.15, 0.2) is 5.78 Å². The van der Waals surface area contributed by atoms with Crippen LogP contribution in [-0.4, -0.2) is 12.9 Å². The molecule has 0 saturated heterocycles. The predicted molar refractivity (Wildman–Crippen MR) is 93.4 cm³/mol. The lowest BCUT2D eigenvalue weighted by Crippen LogP contribution is -2.02. The molecule has 4 heteroatoms. The van der Waals surface area contributed by atoms with Crippen molar-refractivity contribution >= 4 is 17.5 Å². The van der Waals surface area contributed by atoms with Gasteiger partial charge in [-0.2, -0.15) is 0 Å². The molecule has 3 aromatic rings. The molecule has 120 valence electrons. The first kappa shape index (κ1) is 16.3. The fourth-order valence-corrected chi connectivity index (χ4v) is 3.09. The lowest BCUT2D eigenvalue weighted by atomic mass is 10.0. The zero-order valence-corrected chi connectivity index (χ0v) is 13.8. The minimum Gasteiger partial charge on any atom is -0.497 e. The zero-order valence-electron chi connectivity index (χ0n) is 13.0. The molecule has 0 aliphatic heterocycles. The van der Waals surface area contributed by atoms with E-state index in [0.717, 1.165) is 4.90 Å². The molecule has 0 heterocycles. The number of carbonyl (C=O) groups excluding carboxylic acids is 1. The number of ketones is 1. The summed E-state index contributed by atoms with van der Waals surface area (Å²) < 4.78 is 19.4. The first-order chi connectivity index (χ1) is 11.7. The average molecular weight is 338 g/mol. The van der Waals surface area contributed by atoms with Crippen LogP contribution in [0.4, 0.5) is 4.39 Å². The number of ether oxygens (including phenoxy) is 1. The maximum atomic E-state index is 14.3. The fourth-order valence-electron chi connectivity index (χ4n) is 2.25. The van der Waals surface area contributed by atoms with Crippen LogP contribution in [0.25, 0.3) is 0 Å². The lowest BCUT2D eigenvalue weighted by Gasteiger charge is -2.07. The second-order valence-corrected chi connectivity index (χ2v) is 6.23. The number of hydrogen-bond acceptors (Lipinski definition) is 3. The summed E-state index contributed by atoms with van der Waals surface area (Å²) in [6.45, 7) is 0.